The number of fused-ring (bicyclic) bond motifs is 1. The Morgan fingerprint density at radius 2 is 1.16 bits per heavy atom. The zero-order valence-corrected chi connectivity index (χ0v) is 18.9. The summed E-state index contributed by atoms with van der Waals surface area (Å²) < 4.78 is 56.0. The number of carbonyl (C=O) groups is 1. The van der Waals surface area contributed by atoms with Crippen LogP contribution in [0.2, 0.25) is 0 Å². The topological polar surface area (TPSA) is 104 Å². The zero-order valence-electron chi connectivity index (χ0n) is 17.3. The summed E-state index contributed by atoms with van der Waals surface area (Å²) >= 11 is 0. The van der Waals surface area contributed by atoms with Crippen LogP contribution in [-0.2, 0) is 33.4 Å². The van der Waals surface area contributed by atoms with E-state index in [1.54, 1.807) is 42.5 Å². The van der Waals surface area contributed by atoms with E-state index in [1.165, 1.54) is 24.3 Å². The first-order valence-electron chi connectivity index (χ1n) is 9.14. The second-order valence-electron chi connectivity index (χ2n) is 5.84. The first kappa shape index (κ1) is 26.9. The van der Waals surface area contributed by atoms with Gasteiger partial charge in [0.2, 0.25) is 0 Å². The van der Waals surface area contributed by atoms with Crippen LogP contribution in [0.15, 0.2) is 108 Å². The predicted octanol–water partition coefficient (Wildman–Crippen LogP) is 4.12. The first-order chi connectivity index (χ1) is 15.3. The zero-order chi connectivity index (χ0) is 24.0. The molecule has 0 heterocycles. The highest BCUT2D eigenvalue weighted by atomic mass is 32.2. The van der Waals surface area contributed by atoms with Crippen LogP contribution in [0.4, 0.5) is 0 Å². The molecule has 0 unspecified atom stereocenters. The fraction of sp³-hybridized carbons (Fsp3) is 0.0870. The Labute approximate surface area is 188 Å². The van der Waals surface area contributed by atoms with Crippen molar-refractivity contribution >= 4 is 37.8 Å². The van der Waals surface area contributed by atoms with Gasteiger partial charge in [-0.3, -0.25) is 8.37 Å². The van der Waals surface area contributed by atoms with Crippen molar-refractivity contribution < 1.29 is 30.0 Å². The molecule has 32 heavy (non-hydrogen) atoms. The van der Waals surface area contributed by atoms with Crippen LogP contribution in [0.5, 0.6) is 0 Å². The molecule has 7 nitrogen and oxygen atoms in total. The van der Waals surface area contributed by atoms with Gasteiger partial charge >= 0.3 is 0 Å². The molecule has 0 N–H and O–H groups in total. The summed E-state index contributed by atoms with van der Waals surface area (Å²) in [7, 11) is -7.31. The van der Waals surface area contributed by atoms with Crippen LogP contribution in [0.1, 0.15) is 0 Å². The lowest BCUT2D eigenvalue weighted by Crippen LogP contribution is -2.06. The standard InChI is InChI=1S/C13H12O3S.C9H10O3S.CH2O/c1-2-10-16-17(14,15)13-9-5-7-11-6-3-4-8-12(11)13;1-2-8-12-13(10,11)9-6-4-3-5-7-9;1-2/h2-9H,1,10H2;2-7H,1,8H2;1H2. The van der Waals surface area contributed by atoms with Crippen molar-refractivity contribution in [3.05, 3.63) is 98.1 Å². The lowest BCUT2D eigenvalue weighted by Gasteiger charge is -2.06. The van der Waals surface area contributed by atoms with Gasteiger partial charge in [-0.15, -0.1) is 13.2 Å². The Hall–Kier alpha value is -3.11. The molecule has 9 heteroatoms. The SMILES string of the molecule is C=CCOS(=O)(=O)c1cccc2ccccc12.C=CCOS(=O)(=O)c1ccccc1.C=O. The largest absolute Gasteiger partial charge is 0.307 e. The summed E-state index contributed by atoms with van der Waals surface area (Å²) in [6.07, 6.45) is 2.79. The molecular formula is C23H24O7S2. The van der Waals surface area contributed by atoms with Crippen LogP contribution in [0.25, 0.3) is 10.8 Å². The van der Waals surface area contributed by atoms with Gasteiger partial charge < -0.3 is 4.79 Å². The molecule has 3 aromatic carbocycles. The van der Waals surface area contributed by atoms with E-state index >= 15 is 0 Å². The molecule has 0 fully saturated rings. The maximum absolute atomic E-state index is 11.9. The van der Waals surface area contributed by atoms with E-state index in [0.717, 1.165) is 5.39 Å². The Balaban J connectivity index is 0.000000307. The average molecular weight is 477 g/mol. The van der Waals surface area contributed by atoms with Crippen molar-refractivity contribution in [3.8, 4) is 0 Å². The van der Waals surface area contributed by atoms with E-state index in [2.05, 4.69) is 17.3 Å². The average Bonchev–Trinajstić information content (AvgIpc) is 2.83. The van der Waals surface area contributed by atoms with Crippen molar-refractivity contribution in [2.75, 3.05) is 13.2 Å². The lowest BCUT2D eigenvalue weighted by molar-refractivity contribution is -0.0980. The fourth-order valence-corrected chi connectivity index (χ4v) is 4.41. The summed E-state index contributed by atoms with van der Waals surface area (Å²) in [5.74, 6) is 0. The third-order valence-electron chi connectivity index (χ3n) is 3.73. The highest BCUT2D eigenvalue weighted by molar-refractivity contribution is 7.87. The van der Waals surface area contributed by atoms with Crippen molar-refractivity contribution in [1.29, 1.82) is 0 Å². The van der Waals surface area contributed by atoms with Crippen molar-refractivity contribution in [3.63, 3.8) is 0 Å². The van der Waals surface area contributed by atoms with E-state index in [0.29, 0.717) is 5.39 Å². The van der Waals surface area contributed by atoms with Gasteiger partial charge in [-0.2, -0.15) is 16.8 Å². The van der Waals surface area contributed by atoms with Crippen LogP contribution < -0.4 is 0 Å². The van der Waals surface area contributed by atoms with Gasteiger partial charge in [0.05, 0.1) is 18.1 Å². The highest BCUT2D eigenvalue weighted by Gasteiger charge is 2.17. The Bertz CT molecular complexity index is 1210. The molecule has 0 atom stereocenters. The summed E-state index contributed by atoms with van der Waals surface area (Å²) in [4.78, 5) is 8.36. The Morgan fingerprint density at radius 3 is 1.75 bits per heavy atom. The third-order valence-corrected chi connectivity index (χ3v) is 6.37. The summed E-state index contributed by atoms with van der Waals surface area (Å²) in [6, 6.07) is 20.4. The van der Waals surface area contributed by atoms with Crippen molar-refractivity contribution in [2.45, 2.75) is 9.79 Å². The summed E-state index contributed by atoms with van der Waals surface area (Å²) in [5, 5.41) is 1.54. The second kappa shape index (κ2) is 13.3. The third kappa shape index (κ3) is 7.86. The van der Waals surface area contributed by atoms with Gasteiger partial charge in [0.25, 0.3) is 20.2 Å². The van der Waals surface area contributed by atoms with Crippen molar-refractivity contribution in [1.82, 2.24) is 0 Å². The number of rotatable bonds is 8. The smallest absolute Gasteiger partial charge is 0.297 e. The van der Waals surface area contributed by atoms with E-state index in [-0.39, 0.29) is 23.0 Å². The van der Waals surface area contributed by atoms with Crippen LogP contribution in [0.3, 0.4) is 0 Å². The minimum Gasteiger partial charge on any atom is -0.307 e. The normalized spacial score (nSPS) is 10.8. The van der Waals surface area contributed by atoms with E-state index in [4.69, 9.17) is 8.98 Å². The first-order valence-corrected chi connectivity index (χ1v) is 12.0. The maximum atomic E-state index is 11.9. The molecule has 0 radical (unpaired) electrons. The summed E-state index contributed by atoms with van der Waals surface area (Å²) in [5.41, 5.74) is 0. The molecule has 0 bridgehead atoms. The number of carbonyl (C=O) groups excluding carboxylic acids is 1. The van der Waals surface area contributed by atoms with E-state index in [1.807, 2.05) is 25.0 Å². The molecule has 0 amide bonds. The van der Waals surface area contributed by atoms with Gasteiger partial charge in [-0.1, -0.05) is 66.7 Å². The van der Waals surface area contributed by atoms with E-state index < -0.39 is 20.2 Å². The van der Waals surface area contributed by atoms with Gasteiger partial charge in [-0.25, -0.2) is 0 Å². The molecule has 0 spiro atoms. The van der Waals surface area contributed by atoms with E-state index in [9.17, 15) is 16.8 Å². The molecule has 0 aromatic heterocycles. The van der Waals surface area contributed by atoms with Crippen LogP contribution in [0, 0.1) is 0 Å². The molecule has 0 aliphatic rings. The monoisotopic (exact) mass is 476 g/mol. The lowest BCUT2D eigenvalue weighted by atomic mass is 10.1. The van der Waals surface area contributed by atoms with Crippen LogP contribution in [-0.4, -0.2) is 36.8 Å². The number of hydrogen-bond donors (Lipinski definition) is 0. The number of hydrogen-bond acceptors (Lipinski definition) is 7. The van der Waals surface area contributed by atoms with Crippen molar-refractivity contribution in [2.24, 2.45) is 0 Å². The fourth-order valence-electron chi connectivity index (χ4n) is 2.41. The Morgan fingerprint density at radius 1 is 0.656 bits per heavy atom. The minimum atomic E-state index is -3.72. The quantitative estimate of drug-likeness (QED) is 0.356. The molecule has 170 valence electrons. The molecule has 0 aliphatic heterocycles. The molecule has 0 saturated heterocycles. The molecule has 0 saturated carbocycles. The van der Waals surface area contributed by atoms with Crippen LogP contribution >= 0.6 is 0 Å². The number of benzene rings is 3. The molecule has 3 aromatic rings. The predicted molar refractivity (Wildman–Crippen MR) is 124 cm³/mol. The maximum Gasteiger partial charge on any atom is 0.297 e. The van der Waals surface area contributed by atoms with Gasteiger partial charge in [-0.05, 0) is 23.6 Å². The summed E-state index contributed by atoms with van der Waals surface area (Å²) in [6.45, 7) is 8.77. The molecular weight excluding hydrogens is 452 g/mol. The highest BCUT2D eigenvalue weighted by Crippen LogP contribution is 2.24. The Kier molecular flexibility index (Phi) is 11.2. The van der Waals surface area contributed by atoms with Gasteiger partial charge in [0.15, 0.2) is 0 Å². The van der Waals surface area contributed by atoms with Gasteiger partial charge in [0.1, 0.15) is 11.7 Å². The second-order valence-corrected chi connectivity index (χ2v) is 9.04. The molecule has 3 rings (SSSR count). The van der Waals surface area contributed by atoms with Gasteiger partial charge in [0, 0.05) is 5.39 Å². The minimum absolute atomic E-state index is 0.00275. The molecule has 0 aliphatic carbocycles.